The summed E-state index contributed by atoms with van der Waals surface area (Å²) in [4.78, 5) is 15.0. The lowest BCUT2D eigenvalue weighted by Gasteiger charge is -2.26. The maximum Gasteiger partial charge on any atom is 0.387 e. The summed E-state index contributed by atoms with van der Waals surface area (Å²) in [6.45, 7) is -1.15. The number of hydrogen-bond donors (Lipinski definition) is 0. The minimum absolute atomic E-state index is 0.0903. The molecule has 0 bridgehead atoms. The van der Waals surface area contributed by atoms with Gasteiger partial charge in [-0.05, 0) is 48.7 Å². The van der Waals surface area contributed by atoms with E-state index in [0.29, 0.717) is 36.8 Å². The van der Waals surface area contributed by atoms with Crippen LogP contribution in [0.25, 0.3) is 0 Å². The van der Waals surface area contributed by atoms with Crippen molar-refractivity contribution in [3.63, 3.8) is 0 Å². The van der Waals surface area contributed by atoms with Gasteiger partial charge in [0, 0.05) is 18.5 Å². The SMILES string of the molecule is COc1cc(C(=O)N2CCC[C@@H]2c2ccc3c(c2)OCCCO3)ccc1OC(F)F. The van der Waals surface area contributed by atoms with Crippen LogP contribution in [0.15, 0.2) is 36.4 Å². The highest BCUT2D eigenvalue weighted by atomic mass is 19.3. The van der Waals surface area contributed by atoms with Crippen molar-refractivity contribution in [1.29, 1.82) is 0 Å². The summed E-state index contributed by atoms with van der Waals surface area (Å²) in [6.07, 6.45) is 2.52. The van der Waals surface area contributed by atoms with E-state index < -0.39 is 6.61 Å². The highest BCUT2D eigenvalue weighted by Gasteiger charge is 2.32. The standard InChI is InChI=1S/C22H23F2NO5/c1-27-19-13-15(6-8-18(19)30-22(23)24)21(26)25-9-2-4-16(25)14-5-7-17-20(12-14)29-11-3-10-28-17/h5-8,12-13,16,22H,2-4,9-11H2,1H3/t16-/m1/s1. The van der Waals surface area contributed by atoms with E-state index in [-0.39, 0.29) is 23.4 Å². The molecule has 2 aliphatic heterocycles. The third-order valence-electron chi connectivity index (χ3n) is 5.30. The Morgan fingerprint density at radius 2 is 1.87 bits per heavy atom. The van der Waals surface area contributed by atoms with E-state index >= 15 is 0 Å². The monoisotopic (exact) mass is 419 g/mol. The molecule has 0 unspecified atom stereocenters. The molecule has 2 aliphatic rings. The normalized spacial score (nSPS) is 18.3. The Bertz CT molecular complexity index is 920. The number of likely N-dealkylation sites (tertiary alicyclic amines) is 1. The van der Waals surface area contributed by atoms with E-state index in [2.05, 4.69) is 4.74 Å². The van der Waals surface area contributed by atoms with Crippen molar-refractivity contribution in [2.45, 2.75) is 31.9 Å². The third-order valence-corrected chi connectivity index (χ3v) is 5.30. The summed E-state index contributed by atoms with van der Waals surface area (Å²) in [5.41, 5.74) is 1.34. The minimum atomic E-state index is -2.97. The van der Waals surface area contributed by atoms with Gasteiger partial charge in [-0.1, -0.05) is 6.07 Å². The first-order valence-corrected chi connectivity index (χ1v) is 9.90. The van der Waals surface area contributed by atoms with Crippen LogP contribution in [0.3, 0.4) is 0 Å². The van der Waals surface area contributed by atoms with Crippen LogP contribution in [0.1, 0.15) is 41.2 Å². The number of ether oxygens (including phenoxy) is 4. The van der Waals surface area contributed by atoms with Gasteiger partial charge in [0.15, 0.2) is 23.0 Å². The van der Waals surface area contributed by atoms with E-state index in [9.17, 15) is 13.6 Å². The second-order valence-electron chi connectivity index (χ2n) is 7.16. The molecule has 1 amide bonds. The Labute approximate surface area is 173 Å². The van der Waals surface area contributed by atoms with Crippen molar-refractivity contribution in [2.75, 3.05) is 26.9 Å². The van der Waals surface area contributed by atoms with Crippen LogP contribution in [0.2, 0.25) is 0 Å². The summed E-state index contributed by atoms with van der Waals surface area (Å²) in [6, 6.07) is 9.93. The molecule has 1 saturated heterocycles. The largest absolute Gasteiger partial charge is 0.493 e. The number of hydrogen-bond acceptors (Lipinski definition) is 5. The van der Waals surface area contributed by atoms with Crippen LogP contribution in [0, 0.1) is 0 Å². The maximum absolute atomic E-state index is 13.2. The van der Waals surface area contributed by atoms with Gasteiger partial charge in [-0.2, -0.15) is 8.78 Å². The van der Waals surface area contributed by atoms with Gasteiger partial charge in [0.1, 0.15) is 0 Å². The Hall–Kier alpha value is -3.03. The molecule has 160 valence electrons. The summed E-state index contributed by atoms with van der Waals surface area (Å²) >= 11 is 0. The third kappa shape index (κ3) is 4.13. The topological polar surface area (TPSA) is 57.2 Å². The van der Waals surface area contributed by atoms with Crippen molar-refractivity contribution < 1.29 is 32.5 Å². The first-order valence-electron chi connectivity index (χ1n) is 9.90. The summed E-state index contributed by atoms with van der Waals surface area (Å²) in [5.74, 6) is 1.20. The van der Waals surface area contributed by atoms with Crippen molar-refractivity contribution in [3.8, 4) is 23.0 Å². The maximum atomic E-state index is 13.2. The molecule has 30 heavy (non-hydrogen) atoms. The van der Waals surface area contributed by atoms with Gasteiger partial charge >= 0.3 is 6.61 Å². The van der Waals surface area contributed by atoms with E-state index in [1.54, 1.807) is 4.90 Å². The molecule has 0 saturated carbocycles. The Morgan fingerprint density at radius 1 is 1.07 bits per heavy atom. The van der Waals surface area contributed by atoms with Crippen molar-refractivity contribution in [1.82, 2.24) is 4.90 Å². The number of alkyl halides is 2. The number of rotatable bonds is 5. The predicted octanol–water partition coefficient (Wildman–Crippen LogP) is 4.44. The van der Waals surface area contributed by atoms with Gasteiger partial charge in [0.2, 0.25) is 0 Å². The molecular weight excluding hydrogens is 396 g/mol. The Kier molecular flexibility index (Phi) is 5.92. The van der Waals surface area contributed by atoms with Gasteiger partial charge < -0.3 is 23.8 Å². The molecule has 0 aromatic heterocycles. The zero-order valence-electron chi connectivity index (χ0n) is 16.6. The summed E-state index contributed by atoms with van der Waals surface area (Å²) < 4.78 is 46.1. The molecule has 0 aliphatic carbocycles. The first kappa shape index (κ1) is 20.3. The van der Waals surface area contributed by atoms with Crippen LogP contribution < -0.4 is 18.9 Å². The van der Waals surface area contributed by atoms with E-state index in [1.807, 2.05) is 18.2 Å². The van der Waals surface area contributed by atoms with Crippen molar-refractivity contribution in [2.24, 2.45) is 0 Å². The average Bonchev–Trinajstić information content (AvgIpc) is 3.11. The molecule has 0 radical (unpaired) electrons. The number of carbonyl (C=O) groups excluding carboxylic acids is 1. The molecule has 2 aromatic rings. The van der Waals surface area contributed by atoms with E-state index in [4.69, 9.17) is 14.2 Å². The Balaban J connectivity index is 1.58. The van der Waals surface area contributed by atoms with E-state index in [1.165, 1.54) is 25.3 Å². The highest BCUT2D eigenvalue weighted by Crippen LogP contribution is 2.39. The van der Waals surface area contributed by atoms with Gasteiger partial charge in [-0.15, -0.1) is 0 Å². The molecule has 2 heterocycles. The zero-order valence-corrected chi connectivity index (χ0v) is 16.6. The smallest absolute Gasteiger partial charge is 0.387 e. The molecule has 4 rings (SSSR count). The fourth-order valence-corrected chi connectivity index (χ4v) is 3.90. The molecular formula is C22H23F2NO5. The quantitative estimate of drug-likeness (QED) is 0.718. The van der Waals surface area contributed by atoms with E-state index in [0.717, 1.165) is 24.8 Å². The number of carbonyl (C=O) groups is 1. The molecule has 0 N–H and O–H groups in total. The summed E-state index contributed by atoms with van der Waals surface area (Å²) in [5, 5.41) is 0. The lowest BCUT2D eigenvalue weighted by Crippen LogP contribution is -2.30. The van der Waals surface area contributed by atoms with Crippen LogP contribution in [-0.4, -0.2) is 44.3 Å². The van der Waals surface area contributed by atoms with Gasteiger partial charge in [0.25, 0.3) is 5.91 Å². The van der Waals surface area contributed by atoms with Crippen LogP contribution >= 0.6 is 0 Å². The lowest BCUT2D eigenvalue weighted by atomic mass is 10.0. The molecule has 0 spiro atoms. The lowest BCUT2D eigenvalue weighted by molar-refractivity contribution is -0.0512. The molecule has 2 aromatic carbocycles. The number of benzene rings is 2. The van der Waals surface area contributed by atoms with Gasteiger partial charge in [0.05, 0.1) is 26.4 Å². The highest BCUT2D eigenvalue weighted by molar-refractivity contribution is 5.95. The van der Waals surface area contributed by atoms with Gasteiger partial charge in [-0.3, -0.25) is 4.79 Å². The average molecular weight is 419 g/mol. The number of nitrogens with zero attached hydrogens (tertiary/aromatic N) is 1. The fraction of sp³-hybridized carbons (Fsp3) is 0.409. The van der Waals surface area contributed by atoms with Crippen LogP contribution in [-0.2, 0) is 0 Å². The second-order valence-corrected chi connectivity index (χ2v) is 7.16. The number of amides is 1. The molecule has 6 nitrogen and oxygen atoms in total. The minimum Gasteiger partial charge on any atom is -0.493 e. The van der Waals surface area contributed by atoms with Crippen LogP contribution in [0.5, 0.6) is 23.0 Å². The predicted molar refractivity (Wildman–Crippen MR) is 105 cm³/mol. The molecule has 1 atom stereocenters. The van der Waals surface area contributed by atoms with Crippen molar-refractivity contribution >= 4 is 5.91 Å². The summed E-state index contributed by atoms with van der Waals surface area (Å²) in [7, 11) is 1.35. The Morgan fingerprint density at radius 3 is 2.63 bits per heavy atom. The van der Waals surface area contributed by atoms with Crippen molar-refractivity contribution in [3.05, 3.63) is 47.5 Å². The van der Waals surface area contributed by atoms with Crippen LogP contribution in [0.4, 0.5) is 8.78 Å². The second kappa shape index (κ2) is 8.77. The van der Waals surface area contributed by atoms with Gasteiger partial charge in [-0.25, -0.2) is 0 Å². The number of fused-ring (bicyclic) bond motifs is 1. The molecule has 8 heteroatoms. The number of halogens is 2. The zero-order chi connectivity index (χ0) is 21.1. The molecule has 1 fully saturated rings. The first-order chi connectivity index (χ1) is 14.6. The number of methoxy groups -OCH3 is 1. The fourth-order valence-electron chi connectivity index (χ4n) is 3.90.